The first-order chi connectivity index (χ1) is 8.33. The Bertz CT molecular complexity index is 641. The molecule has 0 amide bonds. The van der Waals surface area contributed by atoms with Crippen molar-refractivity contribution < 1.29 is 4.42 Å². The quantitative estimate of drug-likeness (QED) is 0.747. The van der Waals surface area contributed by atoms with Gasteiger partial charge in [0.25, 0.3) is 0 Å². The second kappa shape index (κ2) is 3.93. The third-order valence-electron chi connectivity index (χ3n) is 2.55. The van der Waals surface area contributed by atoms with Gasteiger partial charge in [0, 0.05) is 6.20 Å². The average Bonchev–Trinajstić information content (AvgIpc) is 2.94. The first-order valence-electron chi connectivity index (χ1n) is 5.39. The molecule has 0 saturated carbocycles. The van der Waals surface area contributed by atoms with Crippen LogP contribution >= 0.6 is 0 Å². The summed E-state index contributed by atoms with van der Waals surface area (Å²) >= 11 is 0. The Labute approximate surface area is 98.1 Å². The number of fused-ring (bicyclic) bond motifs is 1. The molecule has 0 bridgehead atoms. The minimum absolute atomic E-state index is 0.617. The first-order valence-corrected chi connectivity index (χ1v) is 5.39. The minimum atomic E-state index is 0.617. The van der Waals surface area contributed by atoms with E-state index in [0.717, 1.165) is 22.7 Å². The molecule has 3 heterocycles. The Balaban J connectivity index is 1.83. The average molecular weight is 228 g/mol. The molecule has 3 aromatic rings. The number of nitrogens with zero attached hydrogens (tertiary/aromatic N) is 3. The third kappa shape index (κ3) is 1.87. The van der Waals surface area contributed by atoms with E-state index in [9.17, 15) is 0 Å². The van der Waals surface area contributed by atoms with Crippen LogP contribution in [0.15, 0.2) is 41.4 Å². The Hall–Kier alpha value is -2.30. The Morgan fingerprint density at radius 3 is 3.24 bits per heavy atom. The summed E-state index contributed by atoms with van der Waals surface area (Å²) in [6, 6.07) is 5.91. The van der Waals surface area contributed by atoms with Gasteiger partial charge < -0.3 is 9.73 Å². The highest BCUT2D eigenvalue weighted by Crippen LogP contribution is 2.14. The van der Waals surface area contributed by atoms with E-state index in [0.29, 0.717) is 6.54 Å². The van der Waals surface area contributed by atoms with Crippen molar-refractivity contribution in [3.05, 3.63) is 48.3 Å². The predicted molar refractivity (Wildman–Crippen MR) is 63.8 cm³/mol. The van der Waals surface area contributed by atoms with Gasteiger partial charge in [0.1, 0.15) is 17.6 Å². The predicted octanol–water partition coefficient (Wildman–Crippen LogP) is 2.24. The molecular formula is C12H12N4O. The Kier molecular flexibility index (Phi) is 2.29. The molecule has 0 radical (unpaired) electrons. The topological polar surface area (TPSA) is 55.4 Å². The molecule has 3 rings (SSSR count). The molecule has 0 aliphatic heterocycles. The molecule has 17 heavy (non-hydrogen) atoms. The van der Waals surface area contributed by atoms with Crippen molar-refractivity contribution in [2.75, 3.05) is 5.32 Å². The number of hydrogen-bond acceptors (Lipinski definition) is 4. The zero-order chi connectivity index (χ0) is 11.7. The molecule has 0 aliphatic carbocycles. The van der Waals surface area contributed by atoms with Crippen molar-refractivity contribution in [1.29, 1.82) is 0 Å². The lowest BCUT2D eigenvalue weighted by Crippen LogP contribution is -2.03. The molecule has 0 fully saturated rings. The zero-order valence-corrected chi connectivity index (χ0v) is 9.42. The summed E-state index contributed by atoms with van der Waals surface area (Å²) in [5.41, 5.74) is 2.08. The summed E-state index contributed by atoms with van der Waals surface area (Å²) in [4.78, 5) is 4.22. The fourth-order valence-electron chi connectivity index (χ4n) is 1.76. The van der Waals surface area contributed by atoms with E-state index < -0.39 is 0 Å². The number of furan rings is 1. The normalized spacial score (nSPS) is 10.9. The van der Waals surface area contributed by atoms with E-state index >= 15 is 0 Å². The van der Waals surface area contributed by atoms with Crippen LogP contribution in [0.3, 0.4) is 0 Å². The number of anilines is 1. The van der Waals surface area contributed by atoms with Crippen molar-refractivity contribution >= 4 is 11.3 Å². The summed E-state index contributed by atoms with van der Waals surface area (Å²) in [7, 11) is 0. The van der Waals surface area contributed by atoms with Gasteiger partial charge in [-0.2, -0.15) is 5.10 Å². The lowest BCUT2D eigenvalue weighted by atomic mass is 10.3. The van der Waals surface area contributed by atoms with Crippen LogP contribution in [-0.2, 0) is 6.54 Å². The molecule has 0 aromatic carbocycles. The van der Waals surface area contributed by atoms with E-state index in [2.05, 4.69) is 15.4 Å². The molecule has 5 nitrogen and oxygen atoms in total. The fraction of sp³-hybridized carbons (Fsp3) is 0.167. The number of rotatable bonds is 3. The van der Waals surface area contributed by atoms with E-state index in [1.807, 2.05) is 31.3 Å². The molecule has 0 unspecified atom stereocenters. The van der Waals surface area contributed by atoms with Crippen LogP contribution in [-0.4, -0.2) is 14.6 Å². The van der Waals surface area contributed by atoms with Gasteiger partial charge in [-0.25, -0.2) is 9.50 Å². The third-order valence-corrected chi connectivity index (χ3v) is 2.55. The summed E-state index contributed by atoms with van der Waals surface area (Å²) < 4.78 is 7.15. The van der Waals surface area contributed by atoms with Gasteiger partial charge in [-0.05, 0) is 30.7 Å². The van der Waals surface area contributed by atoms with Crippen molar-refractivity contribution in [3.63, 3.8) is 0 Å². The zero-order valence-electron chi connectivity index (χ0n) is 9.42. The van der Waals surface area contributed by atoms with Crippen LogP contribution in [0.5, 0.6) is 0 Å². The van der Waals surface area contributed by atoms with E-state index in [4.69, 9.17) is 4.42 Å². The maximum atomic E-state index is 5.37. The smallest absolute Gasteiger partial charge is 0.154 e. The SMILES string of the molecule is Cc1coc(CNc2ncnn3cccc23)c1. The molecule has 1 N–H and O–H groups in total. The second-order valence-electron chi connectivity index (χ2n) is 3.89. The standard InChI is InChI=1S/C12H12N4O/c1-9-5-10(17-7-9)6-13-12-11-3-2-4-16(11)15-8-14-12/h2-5,7-8H,6H2,1H3,(H,13,14,15). The van der Waals surface area contributed by atoms with Crippen molar-refractivity contribution in [1.82, 2.24) is 14.6 Å². The monoisotopic (exact) mass is 228 g/mol. The highest BCUT2D eigenvalue weighted by molar-refractivity contribution is 5.66. The van der Waals surface area contributed by atoms with Crippen LogP contribution < -0.4 is 5.32 Å². The summed E-state index contributed by atoms with van der Waals surface area (Å²) in [6.45, 7) is 2.62. The maximum Gasteiger partial charge on any atom is 0.154 e. The highest BCUT2D eigenvalue weighted by Gasteiger charge is 2.04. The van der Waals surface area contributed by atoms with Crippen LogP contribution in [0.25, 0.3) is 5.52 Å². The summed E-state index contributed by atoms with van der Waals surface area (Å²) in [6.07, 6.45) is 5.16. The Morgan fingerprint density at radius 2 is 2.41 bits per heavy atom. The molecule has 0 spiro atoms. The van der Waals surface area contributed by atoms with Gasteiger partial charge in [0.15, 0.2) is 5.82 Å². The molecule has 3 aromatic heterocycles. The van der Waals surface area contributed by atoms with E-state index in [-0.39, 0.29) is 0 Å². The molecule has 0 atom stereocenters. The van der Waals surface area contributed by atoms with Crippen LogP contribution in [0.4, 0.5) is 5.82 Å². The van der Waals surface area contributed by atoms with Crippen molar-refractivity contribution in [2.24, 2.45) is 0 Å². The van der Waals surface area contributed by atoms with E-state index in [1.165, 1.54) is 6.33 Å². The van der Waals surface area contributed by atoms with Gasteiger partial charge in [0.2, 0.25) is 0 Å². The molecular weight excluding hydrogens is 216 g/mol. The van der Waals surface area contributed by atoms with Crippen LogP contribution in [0.2, 0.25) is 0 Å². The van der Waals surface area contributed by atoms with Crippen LogP contribution in [0.1, 0.15) is 11.3 Å². The Morgan fingerprint density at radius 1 is 1.47 bits per heavy atom. The van der Waals surface area contributed by atoms with Gasteiger partial charge >= 0.3 is 0 Å². The van der Waals surface area contributed by atoms with Gasteiger partial charge in [-0.15, -0.1) is 0 Å². The minimum Gasteiger partial charge on any atom is -0.467 e. The van der Waals surface area contributed by atoms with Gasteiger partial charge in [0.05, 0.1) is 12.8 Å². The van der Waals surface area contributed by atoms with Crippen molar-refractivity contribution in [3.8, 4) is 0 Å². The van der Waals surface area contributed by atoms with Crippen molar-refractivity contribution in [2.45, 2.75) is 13.5 Å². The molecule has 0 aliphatic rings. The largest absolute Gasteiger partial charge is 0.467 e. The molecule has 86 valence electrons. The second-order valence-corrected chi connectivity index (χ2v) is 3.89. The maximum absolute atomic E-state index is 5.37. The lowest BCUT2D eigenvalue weighted by Gasteiger charge is -2.04. The molecule has 5 heteroatoms. The number of aryl methyl sites for hydroxylation is 1. The fourth-order valence-corrected chi connectivity index (χ4v) is 1.76. The molecule has 0 saturated heterocycles. The van der Waals surface area contributed by atoms with Gasteiger partial charge in [-0.1, -0.05) is 0 Å². The lowest BCUT2D eigenvalue weighted by molar-refractivity contribution is 0.516. The summed E-state index contributed by atoms with van der Waals surface area (Å²) in [5.74, 6) is 1.70. The first kappa shape index (κ1) is 9.89. The number of hydrogen-bond donors (Lipinski definition) is 1. The van der Waals surface area contributed by atoms with E-state index in [1.54, 1.807) is 10.8 Å². The van der Waals surface area contributed by atoms with Crippen LogP contribution in [0, 0.1) is 6.92 Å². The summed E-state index contributed by atoms with van der Waals surface area (Å²) in [5, 5.41) is 7.34. The highest BCUT2D eigenvalue weighted by atomic mass is 16.3. The number of aromatic nitrogens is 3. The number of nitrogens with one attached hydrogen (secondary N) is 1. The van der Waals surface area contributed by atoms with Gasteiger partial charge in [-0.3, -0.25) is 0 Å².